The highest BCUT2D eigenvalue weighted by molar-refractivity contribution is 5.07. The van der Waals surface area contributed by atoms with Gasteiger partial charge in [-0.3, -0.25) is 0 Å². The Balaban J connectivity index is 4.80. The van der Waals surface area contributed by atoms with E-state index in [9.17, 15) is 22.0 Å². The second-order valence-electron chi connectivity index (χ2n) is 1.68. The number of rotatable bonds is 1. The number of halogens is 5. The zero-order chi connectivity index (χ0) is 9.28. The first-order valence-corrected chi connectivity index (χ1v) is 2.24. The highest BCUT2D eigenvalue weighted by atomic mass is 19.4. The Morgan fingerprint density at radius 3 is 1.64 bits per heavy atom. The highest BCUT2D eigenvalue weighted by Gasteiger charge is 2.61. The second kappa shape index (κ2) is 2.62. The van der Waals surface area contributed by atoms with E-state index in [1.807, 2.05) is 0 Å². The Morgan fingerprint density at radius 1 is 1.27 bits per heavy atom. The van der Waals surface area contributed by atoms with Crippen LogP contribution < -0.4 is 0 Å². The normalized spacial score (nSPS) is 17.6. The smallest absolute Gasteiger partial charge is 0.364 e. The summed E-state index contributed by atoms with van der Waals surface area (Å²) in [7, 11) is 0. The van der Waals surface area contributed by atoms with Crippen LogP contribution in [-0.4, -0.2) is 23.3 Å². The van der Waals surface area contributed by atoms with Crippen LogP contribution in [0.2, 0.25) is 0 Å². The molecule has 0 aliphatic heterocycles. The molecular weight excluding hydrogens is 173 g/mol. The SMILES string of the molecule is N#CC(O)(C(F)F)C(F)(F)F. The van der Waals surface area contributed by atoms with Gasteiger partial charge in [0.1, 0.15) is 6.07 Å². The molecule has 0 spiro atoms. The van der Waals surface area contributed by atoms with Crippen LogP contribution in [0.1, 0.15) is 0 Å². The van der Waals surface area contributed by atoms with Gasteiger partial charge in [0.25, 0.3) is 6.43 Å². The second-order valence-corrected chi connectivity index (χ2v) is 1.68. The van der Waals surface area contributed by atoms with Crippen LogP contribution in [0.4, 0.5) is 22.0 Å². The molecule has 0 bridgehead atoms. The summed E-state index contributed by atoms with van der Waals surface area (Å²) < 4.78 is 57.0. The summed E-state index contributed by atoms with van der Waals surface area (Å²) in [5, 5.41) is 15.6. The van der Waals surface area contributed by atoms with Gasteiger partial charge in [0.2, 0.25) is 0 Å². The Bertz CT molecular complexity index is 182. The average molecular weight is 175 g/mol. The van der Waals surface area contributed by atoms with E-state index in [1.54, 1.807) is 0 Å². The molecule has 0 heterocycles. The van der Waals surface area contributed by atoms with Crippen LogP contribution in [0, 0.1) is 11.3 Å². The molecule has 0 aliphatic rings. The molecule has 0 aromatic carbocycles. The predicted molar refractivity (Wildman–Crippen MR) is 22.6 cm³/mol. The molecule has 0 saturated carbocycles. The number of nitriles is 1. The van der Waals surface area contributed by atoms with Crippen molar-refractivity contribution in [1.29, 1.82) is 5.26 Å². The summed E-state index contributed by atoms with van der Waals surface area (Å²) in [5.41, 5.74) is -4.55. The summed E-state index contributed by atoms with van der Waals surface area (Å²) in [5.74, 6) is 0. The number of nitrogens with zero attached hydrogens (tertiary/aromatic N) is 1. The zero-order valence-corrected chi connectivity index (χ0v) is 4.86. The Morgan fingerprint density at radius 2 is 1.64 bits per heavy atom. The first-order valence-electron chi connectivity index (χ1n) is 2.24. The van der Waals surface area contributed by atoms with Gasteiger partial charge in [-0.15, -0.1) is 0 Å². The lowest BCUT2D eigenvalue weighted by Crippen LogP contribution is -2.49. The van der Waals surface area contributed by atoms with Crippen molar-refractivity contribution < 1.29 is 27.1 Å². The van der Waals surface area contributed by atoms with Crippen molar-refractivity contribution in [2.75, 3.05) is 0 Å². The minimum atomic E-state index is -5.63. The van der Waals surface area contributed by atoms with E-state index < -0.39 is 18.2 Å². The van der Waals surface area contributed by atoms with E-state index in [2.05, 4.69) is 0 Å². The molecule has 64 valence electrons. The van der Waals surface area contributed by atoms with Gasteiger partial charge in [-0.25, -0.2) is 8.78 Å². The summed E-state index contributed by atoms with van der Waals surface area (Å²) >= 11 is 0. The third-order valence-electron chi connectivity index (χ3n) is 0.918. The molecule has 0 aliphatic carbocycles. The number of alkyl halides is 5. The molecule has 0 aromatic rings. The highest BCUT2D eigenvalue weighted by Crippen LogP contribution is 2.34. The van der Waals surface area contributed by atoms with Gasteiger partial charge >= 0.3 is 11.8 Å². The van der Waals surface area contributed by atoms with Crippen molar-refractivity contribution >= 4 is 0 Å². The largest absolute Gasteiger partial charge is 0.436 e. The molecule has 0 saturated heterocycles. The van der Waals surface area contributed by atoms with Crippen molar-refractivity contribution in [3.8, 4) is 6.07 Å². The van der Waals surface area contributed by atoms with Crippen molar-refractivity contribution in [1.82, 2.24) is 0 Å². The molecule has 11 heavy (non-hydrogen) atoms. The van der Waals surface area contributed by atoms with E-state index in [-0.39, 0.29) is 6.07 Å². The van der Waals surface area contributed by atoms with E-state index in [4.69, 9.17) is 10.4 Å². The van der Waals surface area contributed by atoms with Gasteiger partial charge in [0.15, 0.2) is 0 Å². The van der Waals surface area contributed by atoms with Crippen molar-refractivity contribution in [2.24, 2.45) is 0 Å². The fourth-order valence-electron chi connectivity index (χ4n) is 0.236. The van der Waals surface area contributed by atoms with Gasteiger partial charge in [0, 0.05) is 0 Å². The molecule has 0 rings (SSSR count). The molecule has 7 heteroatoms. The zero-order valence-electron chi connectivity index (χ0n) is 4.86. The van der Waals surface area contributed by atoms with E-state index in [0.29, 0.717) is 0 Å². The quantitative estimate of drug-likeness (QED) is 0.478. The number of hydrogen-bond donors (Lipinski definition) is 1. The van der Waals surface area contributed by atoms with Crippen molar-refractivity contribution in [3.05, 3.63) is 0 Å². The number of hydrogen-bond acceptors (Lipinski definition) is 2. The maximum Gasteiger partial charge on any atom is 0.436 e. The molecule has 1 N–H and O–H groups in total. The lowest BCUT2D eigenvalue weighted by atomic mass is 10.1. The van der Waals surface area contributed by atoms with E-state index >= 15 is 0 Å². The predicted octanol–water partition coefficient (Wildman–Crippen LogP) is 1.07. The summed E-state index contributed by atoms with van der Waals surface area (Å²) in [4.78, 5) is 0. The first-order chi connectivity index (χ1) is 4.75. The van der Waals surface area contributed by atoms with Crippen LogP contribution in [0.15, 0.2) is 0 Å². The van der Waals surface area contributed by atoms with Gasteiger partial charge < -0.3 is 5.11 Å². The molecule has 0 radical (unpaired) electrons. The molecule has 0 aromatic heterocycles. The molecule has 0 fully saturated rings. The molecular formula is C4H2F5NO. The van der Waals surface area contributed by atoms with Crippen LogP contribution in [0.25, 0.3) is 0 Å². The summed E-state index contributed by atoms with van der Waals surface area (Å²) in [6, 6.07) is 0.0984. The third kappa shape index (κ3) is 1.57. The summed E-state index contributed by atoms with van der Waals surface area (Å²) in [6.45, 7) is 0. The topological polar surface area (TPSA) is 44.0 Å². The molecule has 1 atom stereocenters. The fourth-order valence-corrected chi connectivity index (χ4v) is 0.236. The molecule has 0 amide bonds. The van der Waals surface area contributed by atoms with Crippen molar-refractivity contribution in [3.63, 3.8) is 0 Å². The lowest BCUT2D eigenvalue weighted by Gasteiger charge is -2.21. The molecule has 2 nitrogen and oxygen atoms in total. The Labute approximate surface area is 57.8 Å². The van der Waals surface area contributed by atoms with Crippen LogP contribution >= 0.6 is 0 Å². The maximum absolute atomic E-state index is 11.4. The summed E-state index contributed by atoms with van der Waals surface area (Å²) in [6.07, 6.45) is -9.79. The minimum Gasteiger partial charge on any atom is -0.364 e. The lowest BCUT2D eigenvalue weighted by molar-refractivity contribution is -0.272. The van der Waals surface area contributed by atoms with E-state index in [0.717, 1.165) is 0 Å². The van der Waals surface area contributed by atoms with Crippen LogP contribution in [0.5, 0.6) is 0 Å². The molecule has 1 unspecified atom stereocenters. The van der Waals surface area contributed by atoms with Gasteiger partial charge in [-0.2, -0.15) is 18.4 Å². The standard InChI is InChI=1S/C4H2F5NO/c5-2(6)3(11,1-10)4(7,8)9/h2,11H. The van der Waals surface area contributed by atoms with Gasteiger partial charge in [-0.1, -0.05) is 0 Å². The van der Waals surface area contributed by atoms with Gasteiger partial charge in [-0.05, 0) is 0 Å². The van der Waals surface area contributed by atoms with Gasteiger partial charge in [0.05, 0.1) is 0 Å². The van der Waals surface area contributed by atoms with Crippen LogP contribution in [-0.2, 0) is 0 Å². The minimum absolute atomic E-state index is 0.0984. The monoisotopic (exact) mass is 175 g/mol. The number of aliphatic hydroxyl groups is 1. The Hall–Kier alpha value is -0.900. The van der Waals surface area contributed by atoms with E-state index in [1.165, 1.54) is 0 Å². The first kappa shape index (κ1) is 10.1. The van der Waals surface area contributed by atoms with Crippen molar-refractivity contribution in [2.45, 2.75) is 18.2 Å². The van der Waals surface area contributed by atoms with Crippen LogP contribution in [0.3, 0.4) is 0 Å². The average Bonchev–Trinajstić information content (AvgIpc) is 1.83. The Kier molecular flexibility index (Phi) is 2.40. The maximum atomic E-state index is 11.4. The fraction of sp³-hybridized carbons (Fsp3) is 0.750. The third-order valence-corrected chi connectivity index (χ3v) is 0.918.